The second-order valence-electron chi connectivity index (χ2n) is 4.14. The van der Waals surface area contributed by atoms with E-state index < -0.39 is 0 Å². The second kappa shape index (κ2) is 6.21. The van der Waals surface area contributed by atoms with E-state index in [0.29, 0.717) is 12.0 Å². The van der Waals surface area contributed by atoms with Gasteiger partial charge in [0.1, 0.15) is 0 Å². The molecular weight excluding hydrogens is 365 g/mol. The summed E-state index contributed by atoms with van der Waals surface area (Å²) in [4.78, 5) is 0. The van der Waals surface area contributed by atoms with Gasteiger partial charge in [0.05, 0.1) is 0 Å². The van der Waals surface area contributed by atoms with Crippen molar-refractivity contribution in [3.05, 3.63) is 31.8 Å². The Morgan fingerprint density at radius 2 is 2.07 bits per heavy atom. The fourth-order valence-electron chi connectivity index (χ4n) is 1.65. The number of hydrogen-bond acceptors (Lipinski definition) is 1. The minimum Gasteiger partial charge on any atom is -0.313 e. The Kier molecular flexibility index (Phi) is 5.57. The standard InChI is InChI=1S/C12H17BrIN/c1-8(2)6-12(15-3)10-7-9(14)4-5-11(10)13/h4-5,7-8,12,15H,6H2,1-3H3. The molecule has 0 saturated carbocycles. The third-order valence-electron chi connectivity index (χ3n) is 2.39. The van der Waals surface area contributed by atoms with Gasteiger partial charge in [0.2, 0.25) is 0 Å². The summed E-state index contributed by atoms with van der Waals surface area (Å²) in [6.45, 7) is 4.51. The molecule has 1 atom stereocenters. The lowest BCUT2D eigenvalue weighted by Crippen LogP contribution is -2.18. The highest BCUT2D eigenvalue weighted by molar-refractivity contribution is 14.1. The molecule has 1 N–H and O–H groups in total. The molecule has 0 aliphatic carbocycles. The van der Waals surface area contributed by atoms with Gasteiger partial charge in [-0.2, -0.15) is 0 Å². The van der Waals surface area contributed by atoms with Crippen molar-refractivity contribution < 1.29 is 0 Å². The zero-order chi connectivity index (χ0) is 11.4. The van der Waals surface area contributed by atoms with Gasteiger partial charge in [-0.1, -0.05) is 29.8 Å². The van der Waals surface area contributed by atoms with Gasteiger partial charge in [0.25, 0.3) is 0 Å². The summed E-state index contributed by atoms with van der Waals surface area (Å²) in [6, 6.07) is 6.93. The number of hydrogen-bond donors (Lipinski definition) is 1. The van der Waals surface area contributed by atoms with E-state index in [1.54, 1.807) is 0 Å². The van der Waals surface area contributed by atoms with Crippen molar-refractivity contribution in [2.75, 3.05) is 7.05 Å². The van der Waals surface area contributed by atoms with Crippen LogP contribution in [0.5, 0.6) is 0 Å². The number of rotatable bonds is 4. The zero-order valence-corrected chi connectivity index (χ0v) is 13.1. The molecule has 0 aliphatic rings. The Bertz CT molecular complexity index is 325. The van der Waals surface area contributed by atoms with E-state index >= 15 is 0 Å². The van der Waals surface area contributed by atoms with Crippen LogP contribution >= 0.6 is 38.5 Å². The highest BCUT2D eigenvalue weighted by Gasteiger charge is 2.14. The van der Waals surface area contributed by atoms with Crippen molar-refractivity contribution in [2.24, 2.45) is 5.92 Å². The molecule has 0 saturated heterocycles. The minimum absolute atomic E-state index is 0.439. The van der Waals surface area contributed by atoms with Crippen LogP contribution in [0.4, 0.5) is 0 Å². The van der Waals surface area contributed by atoms with Crippen LogP contribution in [-0.2, 0) is 0 Å². The van der Waals surface area contributed by atoms with Crippen molar-refractivity contribution >= 4 is 38.5 Å². The monoisotopic (exact) mass is 381 g/mol. The van der Waals surface area contributed by atoms with Gasteiger partial charge in [0.15, 0.2) is 0 Å². The summed E-state index contributed by atoms with van der Waals surface area (Å²) in [5.41, 5.74) is 1.36. The van der Waals surface area contributed by atoms with E-state index in [4.69, 9.17) is 0 Å². The summed E-state index contributed by atoms with van der Waals surface area (Å²) in [5, 5.41) is 3.38. The molecule has 1 aromatic rings. The van der Waals surface area contributed by atoms with Gasteiger partial charge in [-0.05, 0) is 65.7 Å². The Morgan fingerprint density at radius 3 is 2.60 bits per heavy atom. The molecule has 0 radical (unpaired) electrons. The maximum Gasteiger partial charge on any atom is 0.0331 e. The number of nitrogens with one attached hydrogen (secondary N) is 1. The normalized spacial score (nSPS) is 13.2. The first-order chi connectivity index (χ1) is 7.04. The molecule has 1 nitrogen and oxygen atoms in total. The molecule has 0 spiro atoms. The van der Waals surface area contributed by atoms with Crippen LogP contribution in [0.15, 0.2) is 22.7 Å². The van der Waals surface area contributed by atoms with E-state index in [-0.39, 0.29) is 0 Å². The van der Waals surface area contributed by atoms with Gasteiger partial charge in [-0.25, -0.2) is 0 Å². The average Bonchev–Trinajstić information content (AvgIpc) is 2.18. The molecule has 15 heavy (non-hydrogen) atoms. The summed E-state index contributed by atoms with van der Waals surface area (Å²) in [5.74, 6) is 0.701. The summed E-state index contributed by atoms with van der Waals surface area (Å²) < 4.78 is 2.48. The molecule has 0 aromatic heterocycles. The molecule has 0 amide bonds. The van der Waals surface area contributed by atoms with Gasteiger partial charge in [0, 0.05) is 14.1 Å². The van der Waals surface area contributed by atoms with Crippen molar-refractivity contribution in [2.45, 2.75) is 26.3 Å². The van der Waals surface area contributed by atoms with Gasteiger partial charge < -0.3 is 5.32 Å². The molecule has 0 aliphatic heterocycles. The van der Waals surface area contributed by atoms with Crippen molar-refractivity contribution in [3.63, 3.8) is 0 Å². The van der Waals surface area contributed by atoms with E-state index in [2.05, 4.69) is 75.9 Å². The number of benzene rings is 1. The summed E-state index contributed by atoms with van der Waals surface area (Å²) in [7, 11) is 2.03. The minimum atomic E-state index is 0.439. The first-order valence-corrected chi connectivity index (χ1v) is 7.04. The molecule has 0 bridgehead atoms. The lowest BCUT2D eigenvalue weighted by molar-refractivity contribution is 0.455. The zero-order valence-electron chi connectivity index (χ0n) is 9.35. The largest absolute Gasteiger partial charge is 0.313 e. The first kappa shape index (κ1) is 13.5. The van der Waals surface area contributed by atoms with Crippen LogP contribution in [-0.4, -0.2) is 7.05 Å². The van der Waals surface area contributed by atoms with Crippen molar-refractivity contribution in [1.82, 2.24) is 5.32 Å². The Balaban J connectivity index is 2.95. The van der Waals surface area contributed by atoms with Crippen LogP contribution in [0, 0.1) is 9.49 Å². The highest BCUT2D eigenvalue weighted by Crippen LogP contribution is 2.29. The van der Waals surface area contributed by atoms with E-state index in [1.807, 2.05) is 7.05 Å². The van der Waals surface area contributed by atoms with Crippen molar-refractivity contribution in [3.8, 4) is 0 Å². The van der Waals surface area contributed by atoms with Gasteiger partial charge >= 0.3 is 0 Å². The Morgan fingerprint density at radius 1 is 1.40 bits per heavy atom. The lowest BCUT2D eigenvalue weighted by Gasteiger charge is -2.20. The molecular formula is C12H17BrIN. The van der Waals surface area contributed by atoms with E-state index in [1.165, 1.54) is 13.6 Å². The van der Waals surface area contributed by atoms with Crippen LogP contribution in [0.25, 0.3) is 0 Å². The summed E-state index contributed by atoms with van der Waals surface area (Å²) >= 11 is 5.98. The molecule has 84 valence electrons. The maximum atomic E-state index is 3.62. The molecule has 1 aromatic carbocycles. The third-order valence-corrected chi connectivity index (χ3v) is 3.78. The molecule has 0 fully saturated rings. The smallest absolute Gasteiger partial charge is 0.0331 e. The third kappa shape index (κ3) is 4.04. The lowest BCUT2D eigenvalue weighted by atomic mass is 9.97. The van der Waals surface area contributed by atoms with Crippen LogP contribution in [0.1, 0.15) is 31.9 Å². The van der Waals surface area contributed by atoms with Gasteiger partial charge in [-0.3, -0.25) is 0 Å². The second-order valence-corrected chi connectivity index (χ2v) is 6.24. The van der Waals surface area contributed by atoms with Crippen LogP contribution < -0.4 is 5.32 Å². The summed E-state index contributed by atoms with van der Waals surface area (Å²) in [6.07, 6.45) is 1.16. The predicted molar refractivity (Wildman–Crippen MR) is 78.1 cm³/mol. The number of halogens is 2. The quantitative estimate of drug-likeness (QED) is 0.764. The van der Waals surface area contributed by atoms with Gasteiger partial charge in [-0.15, -0.1) is 0 Å². The fraction of sp³-hybridized carbons (Fsp3) is 0.500. The Labute approximate surface area is 114 Å². The van der Waals surface area contributed by atoms with E-state index in [0.717, 1.165) is 6.42 Å². The van der Waals surface area contributed by atoms with Crippen LogP contribution in [0.2, 0.25) is 0 Å². The Hall–Kier alpha value is 0.390. The topological polar surface area (TPSA) is 12.0 Å². The SMILES string of the molecule is CNC(CC(C)C)c1cc(I)ccc1Br. The average molecular weight is 382 g/mol. The molecule has 1 unspecified atom stereocenters. The molecule has 1 rings (SSSR count). The first-order valence-electron chi connectivity index (χ1n) is 5.16. The highest BCUT2D eigenvalue weighted by atomic mass is 127. The van der Waals surface area contributed by atoms with Crippen LogP contribution in [0.3, 0.4) is 0 Å². The van der Waals surface area contributed by atoms with E-state index in [9.17, 15) is 0 Å². The van der Waals surface area contributed by atoms with Crippen molar-refractivity contribution in [1.29, 1.82) is 0 Å². The molecule has 3 heteroatoms. The predicted octanol–water partition coefficient (Wildman–Crippen LogP) is 4.36. The fourth-order valence-corrected chi connectivity index (χ4v) is 2.69. The maximum absolute atomic E-state index is 3.62. The molecule has 0 heterocycles.